The van der Waals surface area contributed by atoms with Crippen LogP contribution in [-0.2, 0) is 0 Å². The van der Waals surface area contributed by atoms with Crippen LogP contribution in [0.2, 0.25) is 0 Å². The summed E-state index contributed by atoms with van der Waals surface area (Å²) in [4.78, 5) is 12.6. The Bertz CT molecular complexity index is 909. The third-order valence-electron chi connectivity index (χ3n) is 3.01. The minimum atomic E-state index is -0.713. The molecule has 22 heavy (non-hydrogen) atoms. The lowest BCUT2D eigenvalue weighted by Crippen LogP contribution is -1.96. The zero-order valence-corrected chi connectivity index (χ0v) is 12.8. The highest BCUT2D eigenvalue weighted by Gasteiger charge is 2.14. The molecule has 0 saturated heterocycles. The highest BCUT2D eigenvalue weighted by atomic mass is 32.1. The summed E-state index contributed by atoms with van der Waals surface area (Å²) in [6.07, 6.45) is 1.93. The maximum atomic E-state index is 13.9. The van der Waals surface area contributed by atoms with Gasteiger partial charge in [0.2, 0.25) is 0 Å². The molecule has 6 heteroatoms. The van der Waals surface area contributed by atoms with Crippen LogP contribution in [0.15, 0.2) is 23.8 Å². The third-order valence-corrected chi connectivity index (χ3v) is 4.09. The van der Waals surface area contributed by atoms with Gasteiger partial charge in [0, 0.05) is 11.6 Å². The van der Waals surface area contributed by atoms with Crippen LogP contribution >= 0.6 is 11.3 Å². The van der Waals surface area contributed by atoms with E-state index in [1.54, 1.807) is 13.0 Å². The highest BCUT2D eigenvalue weighted by Crippen LogP contribution is 2.29. The molecular weight excluding hydrogens is 301 g/mol. The van der Waals surface area contributed by atoms with Crippen LogP contribution in [0.3, 0.4) is 0 Å². The van der Waals surface area contributed by atoms with E-state index in [0.29, 0.717) is 22.5 Å². The molecule has 3 aromatic rings. The Morgan fingerprint density at radius 2 is 2.18 bits per heavy atom. The molecule has 0 aromatic carbocycles. The van der Waals surface area contributed by atoms with Crippen LogP contribution in [0.25, 0.3) is 21.6 Å². The van der Waals surface area contributed by atoms with Gasteiger partial charge >= 0.3 is 0 Å². The van der Waals surface area contributed by atoms with Crippen molar-refractivity contribution in [2.24, 2.45) is 0 Å². The first-order valence-electron chi connectivity index (χ1n) is 6.61. The first kappa shape index (κ1) is 14.6. The molecule has 110 valence electrons. The number of aliphatic hydroxyl groups is 1. The van der Waals surface area contributed by atoms with Gasteiger partial charge in [-0.3, -0.25) is 4.98 Å². The fourth-order valence-electron chi connectivity index (χ4n) is 2.01. The molecule has 0 spiro atoms. The zero-order valence-electron chi connectivity index (χ0n) is 12.0. The molecule has 0 fully saturated rings. The van der Waals surface area contributed by atoms with E-state index in [2.05, 4.69) is 26.8 Å². The normalized spacial score (nSPS) is 12.0. The molecule has 0 aliphatic carbocycles. The largest absolute Gasteiger partial charge is 0.381 e. The summed E-state index contributed by atoms with van der Waals surface area (Å²) in [7, 11) is 0. The van der Waals surface area contributed by atoms with Crippen LogP contribution in [0.1, 0.15) is 18.2 Å². The molecular formula is C16H12FN3OS. The maximum Gasteiger partial charge on any atom is 0.163 e. The Morgan fingerprint density at radius 3 is 2.91 bits per heavy atom. The van der Waals surface area contributed by atoms with E-state index in [-0.39, 0.29) is 0 Å². The van der Waals surface area contributed by atoms with Crippen molar-refractivity contribution >= 4 is 21.6 Å². The van der Waals surface area contributed by atoms with Crippen LogP contribution in [0.5, 0.6) is 0 Å². The van der Waals surface area contributed by atoms with Crippen LogP contribution < -0.4 is 0 Å². The zero-order chi connectivity index (χ0) is 15.7. The van der Waals surface area contributed by atoms with Crippen molar-refractivity contribution in [3.05, 3.63) is 40.9 Å². The molecule has 1 N–H and O–H groups in total. The van der Waals surface area contributed by atoms with Crippen molar-refractivity contribution in [1.82, 2.24) is 15.0 Å². The molecule has 0 aliphatic rings. The van der Waals surface area contributed by atoms with Crippen molar-refractivity contribution in [2.45, 2.75) is 20.0 Å². The van der Waals surface area contributed by atoms with Gasteiger partial charge in [-0.05, 0) is 19.9 Å². The van der Waals surface area contributed by atoms with E-state index in [1.807, 2.05) is 12.3 Å². The lowest BCUT2D eigenvalue weighted by Gasteiger charge is -2.04. The number of aryl methyl sites for hydroxylation is 1. The number of aliphatic hydroxyl groups excluding tert-OH is 1. The molecule has 3 rings (SSSR count). The molecule has 0 amide bonds. The fraction of sp³-hybridized carbons (Fsp3) is 0.188. The molecule has 1 atom stereocenters. The third kappa shape index (κ3) is 2.69. The van der Waals surface area contributed by atoms with Gasteiger partial charge in [0.1, 0.15) is 11.6 Å². The Hall–Kier alpha value is -2.36. The van der Waals surface area contributed by atoms with Crippen LogP contribution in [0.4, 0.5) is 4.39 Å². The maximum absolute atomic E-state index is 13.9. The first-order valence-corrected chi connectivity index (χ1v) is 7.49. The summed E-state index contributed by atoms with van der Waals surface area (Å²) >= 11 is 1.49. The first-order chi connectivity index (χ1) is 10.6. The number of aromatic nitrogens is 3. The van der Waals surface area contributed by atoms with E-state index in [0.717, 1.165) is 16.6 Å². The minimum Gasteiger partial charge on any atom is -0.381 e. The number of rotatable bonds is 1. The lowest BCUT2D eigenvalue weighted by atomic mass is 10.2. The average Bonchev–Trinajstić information content (AvgIpc) is 2.89. The van der Waals surface area contributed by atoms with E-state index >= 15 is 0 Å². The van der Waals surface area contributed by atoms with Gasteiger partial charge in [0.05, 0.1) is 27.7 Å². The van der Waals surface area contributed by atoms with Gasteiger partial charge in [0.25, 0.3) is 0 Å². The van der Waals surface area contributed by atoms with Gasteiger partial charge in [0.15, 0.2) is 11.6 Å². The summed E-state index contributed by atoms with van der Waals surface area (Å²) in [6, 6.07) is 1.55. The van der Waals surface area contributed by atoms with E-state index in [9.17, 15) is 9.50 Å². The van der Waals surface area contributed by atoms with Gasteiger partial charge in [-0.15, -0.1) is 11.3 Å². The van der Waals surface area contributed by atoms with Crippen molar-refractivity contribution in [1.29, 1.82) is 0 Å². The number of hydrogen-bond donors (Lipinski definition) is 1. The van der Waals surface area contributed by atoms with Crippen molar-refractivity contribution in [3.63, 3.8) is 0 Å². The number of nitrogens with zero attached hydrogens (tertiary/aromatic N) is 3. The Balaban J connectivity index is 2.21. The minimum absolute atomic E-state index is 0.306. The summed E-state index contributed by atoms with van der Waals surface area (Å²) in [6.45, 7) is 3.45. The monoisotopic (exact) mass is 313 g/mol. The fourth-order valence-corrected chi connectivity index (χ4v) is 2.90. The molecule has 3 aromatic heterocycles. The summed E-state index contributed by atoms with van der Waals surface area (Å²) < 4.78 is 14.8. The predicted octanol–water partition coefficient (Wildman–Crippen LogP) is 2.93. The summed E-state index contributed by atoms with van der Waals surface area (Å²) in [5.41, 5.74) is 2.46. The van der Waals surface area contributed by atoms with Crippen molar-refractivity contribution < 1.29 is 9.50 Å². The molecule has 0 bridgehead atoms. The topological polar surface area (TPSA) is 58.9 Å². The van der Waals surface area contributed by atoms with Gasteiger partial charge in [-0.25, -0.2) is 14.4 Å². The summed E-state index contributed by atoms with van der Waals surface area (Å²) in [5.74, 6) is 5.44. The number of halogens is 1. The van der Waals surface area contributed by atoms with E-state index < -0.39 is 11.9 Å². The molecule has 0 saturated carbocycles. The van der Waals surface area contributed by atoms with Crippen molar-refractivity contribution in [2.75, 3.05) is 0 Å². The van der Waals surface area contributed by atoms with Crippen LogP contribution in [0, 0.1) is 24.6 Å². The Labute approximate surface area is 130 Å². The number of hydrogen-bond acceptors (Lipinski definition) is 5. The van der Waals surface area contributed by atoms with E-state index in [4.69, 9.17) is 0 Å². The number of fused-ring (bicyclic) bond motifs is 1. The molecule has 0 aliphatic heterocycles. The molecule has 4 nitrogen and oxygen atoms in total. The second-order valence-electron chi connectivity index (χ2n) is 4.76. The van der Waals surface area contributed by atoms with Crippen LogP contribution in [-0.4, -0.2) is 26.2 Å². The molecule has 0 radical (unpaired) electrons. The van der Waals surface area contributed by atoms with Gasteiger partial charge < -0.3 is 5.11 Å². The molecule has 3 heterocycles. The summed E-state index contributed by atoms with van der Waals surface area (Å²) in [5, 5.41) is 11.2. The standard InChI is InChI=1S/C16H12FN3OS/c1-9(21)3-4-11-8-22-15-10(2)19-16(20-14(11)15)12-5-6-18-7-13(12)17/h5-9,21H,1-2H3. The van der Waals surface area contributed by atoms with E-state index in [1.165, 1.54) is 17.5 Å². The molecule has 1 unspecified atom stereocenters. The Morgan fingerprint density at radius 1 is 1.36 bits per heavy atom. The van der Waals surface area contributed by atoms with Gasteiger partial charge in [-0.1, -0.05) is 11.8 Å². The lowest BCUT2D eigenvalue weighted by molar-refractivity contribution is 0.253. The second kappa shape index (κ2) is 5.79. The van der Waals surface area contributed by atoms with Crippen molar-refractivity contribution in [3.8, 4) is 23.2 Å². The highest BCUT2D eigenvalue weighted by molar-refractivity contribution is 7.17. The quantitative estimate of drug-likeness (QED) is 0.702. The second-order valence-corrected chi connectivity index (χ2v) is 5.64. The Kier molecular flexibility index (Phi) is 3.84. The number of pyridine rings is 1. The SMILES string of the molecule is Cc1nc(-c2ccncc2F)nc2c(C#CC(C)O)csc12. The van der Waals surface area contributed by atoms with Gasteiger partial charge in [-0.2, -0.15) is 0 Å². The average molecular weight is 313 g/mol. The smallest absolute Gasteiger partial charge is 0.163 e. The predicted molar refractivity (Wildman–Crippen MR) is 83.9 cm³/mol. The number of thiophene rings is 1.